The zero-order chi connectivity index (χ0) is 20.7. The fourth-order valence-electron chi connectivity index (χ4n) is 3.22. The number of aromatic nitrogens is 4. The highest BCUT2D eigenvalue weighted by atomic mass is 79.9. The molecule has 4 rings (SSSR count). The fraction of sp³-hybridized carbons (Fsp3) is 0.150. The van der Waals surface area contributed by atoms with Crippen molar-refractivity contribution in [2.24, 2.45) is 7.05 Å². The largest absolute Gasteiger partial charge is 0.332 e. The van der Waals surface area contributed by atoms with E-state index in [1.807, 2.05) is 48.5 Å². The van der Waals surface area contributed by atoms with Gasteiger partial charge in [0.1, 0.15) is 0 Å². The van der Waals surface area contributed by atoms with E-state index in [-0.39, 0.29) is 12.1 Å². The van der Waals surface area contributed by atoms with Gasteiger partial charge in [-0.3, -0.25) is 13.9 Å². The summed E-state index contributed by atoms with van der Waals surface area (Å²) in [6, 6.07) is 15.3. The molecule has 29 heavy (non-hydrogen) atoms. The van der Waals surface area contributed by atoms with Gasteiger partial charge in [0, 0.05) is 16.0 Å². The van der Waals surface area contributed by atoms with Crippen molar-refractivity contribution >= 4 is 59.0 Å². The third-order valence-electron chi connectivity index (χ3n) is 4.76. The lowest BCUT2D eigenvalue weighted by atomic mass is 10.2. The fourth-order valence-corrected chi connectivity index (χ4v) is 4.51. The van der Waals surface area contributed by atoms with E-state index in [0.29, 0.717) is 22.4 Å². The molecule has 0 amide bonds. The van der Waals surface area contributed by atoms with Crippen LogP contribution in [0.1, 0.15) is 11.1 Å². The van der Waals surface area contributed by atoms with Crippen LogP contribution in [-0.4, -0.2) is 18.7 Å². The molecule has 0 radical (unpaired) electrons. The average Bonchev–Trinajstić information content (AvgIpc) is 3.03. The molecule has 2 aromatic carbocycles. The SMILES string of the molecule is Cn1c(=O)n(Cc2ccccc2Br)c(=O)c2c1nc(Br)n2Cc1ccccc1Br. The van der Waals surface area contributed by atoms with E-state index in [2.05, 4.69) is 52.8 Å². The number of halogens is 3. The van der Waals surface area contributed by atoms with E-state index in [1.54, 1.807) is 11.6 Å². The van der Waals surface area contributed by atoms with E-state index in [4.69, 9.17) is 0 Å². The molecule has 6 nitrogen and oxygen atoms in total. The molecule has 0 N–H and O–H groups in total. The minimum Gasteiger partial charge on any atom is -0.308 e. The second kappa shape index (κ2) is 8.04. The van der Waals surface area contributed by atoms with Crippen LogP contribution in [0.25, 0.3) is 11.2 Å². The van der Waals surface area contributed by atoms with Crippen LogP contribution in [0.15, 0.2) is 71.8 Å². The minimum absolute atomic E-state index is 0.167. The molecule has 0 saturated heterocycles. The molecule has 2 heterocycles. The quantitative estimate of drug-likeness (QED) is 0.338. The molecule has 148 valence electrons. The Hall–Kier alpha value is -1.97. The first kappa shape index (κ1) is 20.3. The number of imidazole rings is 1. The number of hydrogen-bond donors (Lipinski definition) is 0. The highest BCUT2D eigenvalue weighted by molar-refractivity contribution is 9.11. The maximum absolute atomic E-state index is 13.4. The van der Waals surface area contributed by atoms with E-state index < -0.39 is 5.69 Å². The molecule has 0 aliphatic heterocycles. The summed E-state index contributed by atoms with van der Waals surface area (Å²) < 4.78 is 6.72. The van der Waals surface area contributed by atoms with Gasteiger partial charge < -0.3 is 4.57 Å². The maximum atomic E-state index is 13.4. The van der Waals surface area contributed by atoms with Crippen LogP contribution in [-0.2, 0) is 20.1 Å². The molecule has 0 saturated carbocycles. The van der Waals surface area contributed by atoms with Gasteiger partial charge >= 0.3 is 5.69 Å². The summed E-state index contributed by atoms with van der Waals surface area (Å²) in [5, 5.41) is 0. The van der Waals surface area contributed by atoms with E-state index in [0.717, 1.165) is 20.1 Å². The van der Waals surface area contributed by atoms with Gasteiger partial charge in [-0.25, -0.2) is 9.78 Å². The Morgan fingerprint density at radius 1 is 0.828 bits per heavy atom. The third kappa shape index (κ3) is 3.67. The highest BCUT2D eigenvalue weighted by Gasteiger charge is 2.20. The summed E-state index contributed by atoms with van der Waals surface area (Å²) in [6.07, 6.45) is 0. The maximum Gasteiger partial charge on any atom is 0.332 e. The minimum atomic E-state index is -0.406. The summed E-state index contributed by atoms with van der Waals surface area (Å²) in [4.78, 5) is 30.7. The van der Waals surface area contributed by atoms with Crippen molar-refractivity contribution in [3.8, 4) is 0 Å². The molecule has 0 bridgehead atoms. The first-order valence-corrected chi connectivity index (χ1v) is 11.1. The van der Waals surface area contributed by atoms with Crippen molar-refractivity contribution < 1.29 is 0 Å². The summed E-state index contributed by atoms with van der Waals surface area (Å²) in [6.45, 7) is 0.599. The molecule has 0 unspecified atom stereocenters. The second-order valence-corrected chi connectivity index (χ2v) is 8.97. The molecule has 4 aromatic rings. The lowest BCUT2D eigenvalue weighted by molar-refractivity contribution is 0.651. The predicted molar refractivity (Wildman–Crippen MR) is 123 cm³/mol. The van der Waals surface area contributed by atoms with Crippen molar-refractivity contribution in [2.45, 2.75) is 13.1 Å². The molecular formula is C20H15Br3N4O2. The van der Waals surface area contributed by atoms with Crippen molar-refractivity contribution in [1.29, 1.82) is 0 Å². The molecule has 0 spiro atoms. The molecule has 0 aliphatic rings. The number of nitrogens with zero attached hydrogens (tertiary/aromatic N) is 4. The van der Waals surface area contributed by atoms with Gasteiger partial charge in [-0.2, -0.15) is 0 Å². The Bertz CT molecular complexity index is 1350. The lowest BCUT2D eigenvalue weighted by Crippen LogP contribution is -2.40. The Balaban J connectivity index is 1.93. The van der Waals surface area contributed by atoms with Crippen LogP contribution in [0, 0.1) is 0 Å². The normalized spacial score (nSPS) is 11.3. The van der Waals surface area contributed by atoms with Gasteiger partial charge in [0.25, 0.3) is 5.56 Å². The van der Waals surface area contributed by atoms with Crippen LogP contribution >= 0.6 is 47.8 Å². The van der Waals surface area contributed by atoms with Gasteiger partial charge in [0.05, 0.1) is 13.1 Å². The molecule has 0 aliphatic carbocycles. The molecule has 9 heteroatoms. The van der Waals surface area contributed by atoms with Crippen molar-refractivity contribution in [3.05, 3.63) is 94.2 Å². The Morgan fingerprint density at radius 2 is 1.34 bits per heavy atom. The topological polar surface area (TPSA) is 61.8 Å². The van der Waals surface area contributed by atoms with Crippen LogP contribution < -0.4 is 11.2 Å². The lowest BCUT2D eigenvalue weighted by Gasteiger charge is -2.12. The summed E-state index contributed by atoms with van der Waals surface area (Å²) >= 11 is 10.5. The predicted octanol–water partition coefficient (Wildman–Crippen LogP) is 4.28. The molecule has 0 fully saturated rings. The number of hydrogen-bond acceptors (Lipinski definition) is 3. The van der Waals surface area contributed by atoms with Crippen LogP contribution in [0.4, 0.5) is 0 Å². The van der Waals surface area contributed by atoms with Crippen LogP contribution in [0.5, 0.6) is 0 Å². The van der Waals surface area contributed by atoms with Crippen LogP contribution in [0.2, 0.25) is 0 Å². The summed E-state index contributed by atoms with van der Waals surface area (Å²) in [5.41, 5.74) is 1.80. The smallest absolute Gasteiger partial charge is 0.308 e. The Kier molecular flexibility index (Phi) is 5.63. The molecule has 2 aromatic heterocycles. The van der Waals surface area contributed by atoms with Crippen molar-refractivity contribution in [3.63, 3.8) is 0 Å². The number of fused-ring (bicyclic) bond motifs is 1. The highest BCUT2D eigenvalue weighted by Crippen LogP contribution is 2.23. The van der Waals surface area contributed by atoms with Crippen molar-refractivity contribution in [1.82, 2.24) is 18.7 Å². The van der Waals surface area contributed by atoms with E-state index in [9.17, 15) is 9.59 Å². The number of rotatable bonds is 4. The Morgan fingerprint density at radius 3 is 1.90 bits per heavy atom. The second-order valence-electron chi connectivity index (χ2n) is 6.55. The van der Waals surface area contributed by atoms with E-state index >= 15 is 0 Å². The van der Waals surface area contributed by atoms with Crippen LogP contribution in [0.3, 0.4) is 0 Å². The first-order valence-electron chi connectivity index (χ1n) is 8.71. The number of aryl methyl sites for hydroxylation is 1. The van der Waals surface area contributed by atoms with Gasteiger partial charge in [-0.05, 0) is 39.2 Å². The number of benzene rings is 2. The average molecular weight is 583 g/mol. The third-order valence-corrected chi connectivity index (χ3v) is 6.91. The first-order chi connectivity index (χ1) is 13.9. The summed E-state index contributed by atoms with van der Waals surface area (Å²) in [7, 11) is 1.63. The van der Waals surface area contributed by atoms with Gasteiger partial charge in [-0.15, -0.1) is 0 Å². The van der Waals surface area contributed by atoms with Crippen molar-refractivity contribution in [2.75, 3.05) is 0 Å². The summed E-state index contributed by atoms with van der Waals surface area (Å²) in [5.74, 6) is 0. The standard InChI is InChI=1S/C20H15Br3N4O2/c1-25-17-16(26(19(23)24-17)10-12-6-2-4-8-14(12)21)18(28)27(20(25)29)11-13-7-3-5-9-15(13)22/h2-9H,10-11H2,1H3. The molecular weight excluding hydrogens is 568 g/mol. The van der Waals surface area contributed by atoms with E-state index in [1.165, 1.54) is 9.13 Å². The Labute approximate surface area is 191 Å². The van der Waals surface area contributed by atoms with Gasteiger partial charge in [-0.1, -0.05) is 68.3 Å². The van der Waals surface area contributed by atoms with Gasteiger partial charge in [0.2, 0.25) is 0 Å². The molecule has 0 atom stereocenters. The monoisotopic (exact) mass is 580 g/mol. The zero-order valence-corrected chi connectivity index (χ0v) is 20.0. The zero-order valence-electron chi connectivity index (χ0n) is 15.3. The van der Waals surface area contributed by atoms with Gasteiger partial charge in [0.15, 0.2) is 15.9 Å².